The van der Waals surface area contributed by atoms with Crippen molar-refractivity contribution in [2.75, 3.05) is 5.32 Å². The van der Waals surface area contributed by atoms with Gasteiger partial charge in [0.2, 0.25) is 0 Å². The minimum Gasteiger partial charge on any atom is -0.361 e. The first kappa shape index (κ1) is 14.0. The van der Waals surface area contributed by atoms with E-state index >= 15 is 0 Å². The van der Waals surface area contributed by atoms with Gasteiger partial charge in [-0.05, 0) is 52.6 Å². The van der Waals surface area contributed by atoms with Crippen molar-refractivity contribution >= 4 is 49.2 Å². The van der Waals surface area contributed by atoms with Crippen LogP contribution in [0.2, 0.25) is 0 Å². The van der Waals surface area contributed by atoms with Crippen LogP contribution in [0.4, 0.5) is 5.69 Å². The number of aromatic amines is 1. The number of halogens is 1. The highest BCUT2D eigenvalue weighted by atomic mass is 79.9. The van der Waals surface area contributed by atoms with E-state index in [-0.39, 0.29) is 5.91 Å². The molecule has 0 saturated heterocycles. The maximum absolute atomic E-state index is 12.4. The van der Waals surface area contributed by atoms with E-state index in [0.717, 1.165) is 31.8 Å². The minimum absolute atomic E-state index is 0.115. The smallest absolute Gasteiger partial charge is 0.255 e. The lowest BCUT2D eigenvalue weighted by atomic mass is 10.1. The maximum atomic E-state index is 12.4. The molecule has 1 amide bonds. The molecule has 1 heterocycles. The van der Waals surface area contributed by atoms with Crippen LogP contribution in [0.1, 0.15) is 10.4 Å². The number of rotatable bonds is 2. The number of carbonyl (C=O) groups excluding carboxylic acids is 1. The van der Waals surface area contributed by atoms with Gasteiger partial charge in [0.15, 0.2) is 0 Å². The van der Waals surface area contributed by atoms with E-state index in [2.05, 4.69) is 26.2 Å². The molecule has 0 spiro atoms. The number of amides is 1. The molecule has 4 rings (SSSR count). The van der Waals surface area contributed by atoms with Gasteiger partial charge in [0, 0.05) is 27.4 Å². The Morgan fingerprint density at radius 1 is 0.957 bits per heavy atom. The Kier molecular flexibility index (Phi) is 3.39. The summed E-state index contributed by atoms with van der Waals surface area (Å²) in [6.45, 7) is 0. The molecule has 0 fully saturated rings. The van der Waals surface area contributed by atoms with Crippen molar-refractivity contribution in [1.82, 2.24) is 4.98 Å². The van der Waals surface area contributed by atoms with Crippen LogP contribution in [-0.2, 0) is 0 Å². The number of hydrogen-bond donors (Lipinski definition) is 2. The zero-order chi connectivity index (χ0) is 15.8. The number of anilines is 1. The molecule has 0 unspecified atom stereocenters. The standard InChI is InChI=1S/C19H13BrN2O/c20-17-3-1-2-13-10-15(6-7-16(13)17)22-19(23)14-5-4-12-8-9-21-18(12)11-14/h1-11,21H,(H,22,23). The van der Waals surface area contributed by atoms with Gasteiger partial charge in [0.25, 0.3) is 5.91 Å². The van der Waals surface area contributed by atoms with Crippen molar-refractivity contribution in [2.45, 2.75) is 0 Å². The summed E-state index contributed by atoms with van der Waals surface area (Å²) >= 11 is 3.54. The monoisotopic (exact) mass is 364 g/mol. The Morgan fingerprint density at radius 2 is 1.87 bits per heavy atom. The second-order valence-corrected chi connectivity index (χ2v) is 6.26. The van der Waals surface area contributed by atoms with E-state index in [1.807, 2.05) is 66.9 Å². The molecule has 0 saturated carbocycles. The number of benzene rings is 3. The predicted molar refractivity (Wildman–Crippen MR) is 97.9 cm³/mol. The van der Waals surface area contributed by atoms with Crippen LogP contribution in [-0.4, -0.2) is 10.9 Å². The van der Waals surface area contributed by atoms with Gasteiger partial charge < -0.3 is 10.3 Å². The molecule has 0 aliphatic carbocycles. The Balaban J connectivity index is 1.65. The predicted octanol–water partition coefficient (Wildman–Crippen LogP) is 5.34. The van der Waals surface area contributed by atoms with Gasteiger partial charge in [-0.25, -0.2) is 0 Å². The average Bonchev–Trinajstić information content (AvgIpc) is 3.02. The summed E-state index contributed by atoms with van der Waals surface area (Å²) in [5.41, 5.74) is 2.38. The number of carbonyl (C=O) groups is 1. The fourth-order valence-electron chi connectivity index (χ4n) is 2.71. The Labute approximate surface area is 141 Å². The molecule has 4 aromatic rings. The molecule has 2 N–H and O–H groups in total. The molecule has 0 aliphatic rings. The van der Waals surface area contributed by atoms with E-state index in [9.17, 15) is 4.79 Å². The Morgan fingerprint density at radius 3 is 2.78 bits per heavy atom. The number of nitrogens with one attached hydrogen (secondary N) is 2. The average molecular weight is 365 g/mol. The zero-order valence-electron chi connectivity index (χ0n) is 12.1. The third-order valence-electron chi connectivity index (χ3n) is 3.90. The summed E-state index contributed by atoms with van der Waals surface area (Å²) in [6, 6.07) is 19.5. The first-order valence-corrected chi connectivity index (χ1v) is 8.07. The van der Waals surface area contributed by atoms with Crippen LogP contribution in [0.3, 0.4) is 0 Å². The summed E-state index contributed by atoms with van der Waals surface area (Å²) < 4.78 is 1.05. The first-order valence-electron chi connectivity index (χ1n) is 7.27. The number of hydrogen-bond acceptors (Lipinski definition) is 1. The summed E-state index contributed by atoms with van der Waals surface area (Å²) in [5.74, 6) is -0.115. The van der Waals surface area contributed by atoms with Crippen molar-refractivity contribution in [3.8, 4) is 0 Å². The molecule has 1 aromatic heterocycles. The second-order valence-electron chi connectivity index (χ2n) is 5.41. The Hall–Kier alpha value is -2.59. The van der Waals surface area contributed by atoms with E-state index in [0.29, 0.717) is 5.56 Å². The summed E-state index contributed by atoms with van der Waals surface area (Å²) in [7, 11) is 0. The van der Waals surface area contributed by atoms with Gasteiger partial charge in [-0.3, -0.25) is 4.79 Å². The third kappa shape index (κ3) is 2.62. The summed E-state index contributed by atoms with van der Waals surface area (Å²) in [4.78, 5) is 15.6. The molecular weight excluding hydrogens is 352 g/mol. The van der Waals surface area contributed by atoms with Gasteiger partial charge in [0.1, 0.15) is 0 Å². The topological polar surface area (TPSA) is 44.9 Å². The lowest BCUT2D eigenvalue weighted by Crippen LogP contribution is -2.11. The quantitative estimate of drug-likeness (QED) is 0.495. The molecule has 0 radical (unpaired) electrons. The fourth-order valence-corrected chi connectivity index (χ4v) is 3.23. The van der Waals surface area contributed by atoms with Gasteiger partial charge in [0.05, 0.1) is 0 Å². The van der Waals surface area contributed by atoms with Crippen LogP contribution >= 0.6 is 15.9 Å². The van der Waals surface area contributed by atoms with Crippen LogP contribution in [0.25, 0.3) is 21.7 Å². The zero-order valence-corrected chi connectivity index (χ0v) is 13.7. The number of fused-ring (bicyclic) bond motifs is 2. The molecular formula is C19H13BrN2O. The molecule has 3 nitrogen and oxygen atoms in total. The highest BCUT2D eigenvalue weighted by Gasteiger charge is 2.08. The van der Waals surface area contributed by atoms with Gasteiger partial charge in [-0.1, -0.05) is 40.2 Å². The normalized spacial score (nSPS) is 11.0. The van der Waals surface area contributed by atoms with Gasteiger partial charge >= 0.3 is 0 Å². The fraction of sp³-hybridized carbons (Fsp3) is 0. The number of aromatic nitrogens is 1. The van der Waals surface area contributed by atoms with E-state index < -0.39 is 0 Å². The third-order valence-corrected chi connectivity index (χ3v) is 4.59. The van der Waals surface area contributed by atoms with Gasteiger partial charge in [-0.15, -0.1) is 0 Å². The highest BCUT2D eigenvalue weighted by Crippen LogP contribution is 2.26. The SMILES string of the molecule is O=C(Nc1ccc2c(Br)cccc2c1)c1ccc2cc[nH]c2c1. The molecule has 0 aliphatic heterocycles. The van der Waals surface area contributed by atoms with Crippen LogP contribution in [0, 0.1) is 0 Å². The maximum Gasteiger partial charge on any atom is 0.255 e. The summed E-state index contributed by atoms with van der Waals surface area (Å²) in [5, 5.41) is 6.26. The van der Waals surface area contributed by atoms with Crippen LogP contribution < -0.4 is 5.32 Å². The van der Waals surface area contributed by atoms with E-state index in [4.69, 9.17) is 0 Å². The lowest BCUT2D eigenvalue weighted by molar-refractivity contribution is 0.102. The number of H-pyrrole nitrogens is 1. The van der Waals surface area contributed by atoms with E-state index in [1.165, 1.54) is 0 Å². The van der Waals surface area contributed by atoms with Crippen molar-refractivity contribution in [2.24, 2.45) is 0 Å². The molecule has 0 atom stereocenters. The first-order chi connectivity index (χ1) is 11.2. The lowest BCUT2D eigenvalue weighted by Gasteiger charge is -2.08. The molecule has 3 aromatic carbocycles. The Bertz CT molecular complexity index is 1040. The van der Waals surface area contributed by atoms with Crippen LogP contribution in [0.15, 0.2) is 71.3 Å². The van der Waals surface area contributed by atoms with E-state index in [1.54, 1.807) is 0 Å². The van der Waals surface area contributed by atoms with Crippen molar-refractivity contribution in [3.05, 3.63) is 76.9 Å². The molecule has 112 valence electrons. The second kappa shape index (κ2) is 5.56. The van der Waals surface area contributed by atoms with Crippen LogP contribution in [0.5, 0.6) is 0 Å². The van der Waals surface area contributed by atoms with Crippen molar-refractivity contribution < 1.29 is 4.79 Å². The minimum atomic E-state index is -0.115. The van der Waals surface area contributed by atoms with Crippen molar-refractivity contribution in [1.29, 1.82) is 0 Å². The van der Waals surface area contributed by atoms with Crippen molar-refractivity contribution in [3.63, 3.8) is 0 Å². The molecule has 4 heteroatoms. The largest absolute Gasteiger partial charge is 0.361 e. The highest BCUT2D eigenvalue weighted by molar-refractivity contribution is 9.10. The molecule has 0 bridgehead atoms. The van der Waals surface area contributed by atoms with Gasteiger partial charge in [-0.2, -0.15) is 0 Å². The summed E-state index contributed by atoms with van der Waals surface area (Å²) in [6.07, 6.45) is 1.87. The molecule has 23 heavy (non-hydrogen) atoms.